The SMILES string of the molecule is Cc1ccc(-n2nc(C3CCN(S(=O)c4ccc(C(F)(F)F)cc4)CC3)cc2NC(=O)c2cnn3cccnc23)cc1.O. The van der Waals surface area contributed by atoms with Crippen molar-refractivity contribution in [3.63, 3.8) is 0 Å². The molecule has 1 amide bonds. The number of fused-ring (bicyclic) bond motifs is 1. The predicted octanol–water partition coefficient (Wildman–Crippen LogP) is 4.57. The van der Waals surface area contributed by atoms with Crippen LogP contribution in [0.4, 0.5) is 19.0 Å². The highest BCUT2D eigenvalue weighted by Crippen LogP contribution is 2.33. The summed E-state index contributed by atoms with van der Waals surface area (Å²) in [4.78, 5) is 17.9. The zero-order valence-corrected chi connectivity index (χ0v) is 23.8. The summed E-state index contributed by atoms with van der Waals surface area (Å²) in [6.45, 7) is 2.94. The topological polar surface area (TPSA) is 129 Å². The van der Waals surface area contributed by atoms with Gasteiger partial charge in [0.2, 0.25) is 0 Å². The molecule has 3 N–H and O–H groups in total. The lowest BCUT2D eigenvalue weighted by Gasteiger charge is -2.30. The quantitative estimate of drug-likeness (QED) is 0.301. The molecule has 0 saturated carbocycles. The first-order valence-corrected chi connectivity index (χ1v) is 14.4. The van der Waals surface area contributed by atoms with Crippen LogP contribution < -0.4 is 5.32 Å². The number of benzene rings is 2. The summed E-state index contributed by atoms with van der Waals surface area (Å²) in [6.07, 6.45) is 1.62. The number of carbonyl (C=O) groups excluding carboxylic acids is 1. The van der Waals surface area contributed by atoms with Crippen LogP contribution in [0.1, 0.15) is 45.9 Å². The molecule has 0 bridgehead atoms. The van der Waals surface area contributed by atoms with Crippen LogP contribution in [0, 0.1) is 6.92 Å². The minimum absolute atomic E-state index is 0. The second-order valence-electron chi connectivity index (χ2n) is 10.1. The predicted molar refractivity (Wildman–Crippen MR) is 154 cm³/mol. The summed E-state index contributed by atoms with van der Waals surface area (Å²) < 4.78 is 56.8. The first-order chi connectivity index (χ1) is 20.2. The Kier molecular flexibility index (Phi) is 8.44. The van der Waals surface area contributed by atoms with Crippen LogP contribution in [0.25, 0.3) is 11.3 Å². The second kappa shape index (κ2) is 12.1. The number of aryl methyl sites for hydroxylation is 1. The average Bonchev–Trinajstić information content (AvgIpc) is 3.62. The highest BCUT2D eigenvalue weighted by atomic mass is 32.2. The molecular formula is C29H28F3N7O3S. The Morgan fingerprint density at radius 3 is 2.42 bits per heavy atom. The Labute approximate surface area is 247 Å². The van der Waals surface area contributed by atoms with Crippen LogP contribution in [0.5, 0.6) is 0 Å². The molecule has 0 aliphatic carbocycles. The van der Waals surface area contributed by atoms with E-state index in [0.717, 1.165) is 29.1 Å². The highest BCUT2D eigenvalue weighted by molar-refractivity contribution is 7.82. The van der Waals surface area contributed by atoms with Crippen LogP contribution in [-0.4, -0.2) is 57.4 Å². The molecule has 10 nitrogen and oxygen atoms in total. The summed E-state index contributed by atoms with van der Waals surface area (Å²) in [5.41, 5.74) is 2.64. The van der Waals surface area contributed by atoms with E-state index in [1.807, 2.05) is 37.3 Å². The normalized spacial score (nSPS) is 15.3. The number of hydrogen-bond donors (Lipinski definition) is 1. The molecule has 1 saturated heterocycles. The van der Waals surface area contributed by atoms with E-state index in [-0.39, 0.29) is 17.3 Å². The Morgan fingerprint density at radius 2 is 1.74 bits per heavy atom. The van der Waals surface area contributed by atoms with Gasteiger partial charge in [0.25, 0.3) is 5.91 Å². The van der Waals surface area contributed by atoms with Crippen molar-refractivity contribution in [3.8, 4) is 5.69 Å². The number of anilines is 1. The zero-order chi connectivity index (χ0) is 29.4. The van der Waals surface area contributed by atoms with Gasteiger partial charge in [0, 0.05) is 37.5 Å². The third-order valence-electron chi connectivity index (χ3n) is 7.26. The first-order valence-electron chi connectivity index (χ1n) is 13.3. The number of alkyl halides is 3. The van der Waals surface area contributed by atoms with Crippen LogP contribution in [-0.2, 0) is 17.2 Å². The number of aromatic nitrogens is 5. The van der Waals surface area contributed by atoms with Gasteiger partial charge in [-0.15, -0.1) is 0 Å². The summed E-state index contributed by atoms with van der Waals surface area (Å²) in [6, 6.07) is 15.8. The monoisotopic (exact) mass is 611 g/mol. The van der Waals surface area contributed by atoms with Crippen molar-refractivity contribution in [2.45, 2.75) is 36.8 Å². The minimum atomic E-state index is -4.44. The summed E-state index contributed by atoms with van der Waals surface area (Å²) >= 11 is 0. The maximum absolute atomic E-state index is 13.3. The largest absolute Gasteiger partial charge is 0.416 e. The fraction of sp³-hybridized carbons (Fsp3) is 0.241. The second-order valence-corrected chi connectivity index (χ2v) is 11.6. The molecule has 0 radical (unpaired) electrons. The van der Waals surface area contributed by atoms with Crippen molar-refractivity contribution >= 4 is 28.4 Å². The fourth-order valence-electron chi connectivity index (χ4n) is 4.97. The van der Waals surface area contributed by atoms with Gasteiger partial charge in [-0.2, -0.15) is 23.4 Å². The molecule has 1 aliphatic rings. The minimum Gasteiger partial charge on any atom is -0.412 e. The molecule has 5 aromatic rings. The van der Waals surface area contributed by atoms with Crippen LogP contribution in [0.15, 0.2) is 84.1 Å². The molecule has 1 aliphatic heterocycles. The van der Waals surface area contributed by atoms with Crippen LogP contribution in [0.2, 0.25) is 0 Å². The molecule has 0 spiro atoms. The van der Waals surface area contributed by atoms with Gasteiger partial charge in [-0.25, -0.2) is 22.7 Å². The zero-order valence-electron chi connectivity index (χ0n) is 23.0. The van der Waals surface area contributed by atoms with Crippen molar-refractivity contribution < 1.29 is 27.7 Å². The van der Waals surface area contributed by atoms with Gasteiger partial charge in [0.15, 0.2) is 5.65 Å². The van der Waals surface area contributed by atoms with Crippen molar-refractivity contribution in [2.24, 2.45) is 0 Å². The number of piperidine rings is 1. The lowest BCUT2D eigenvalue weighted by Crippen LogP contribution is -2.34. The third kappa shape index (κ3) is 6.21. The average molecular weight is 612 g/mol. The highest BCUT2D eigenvalue weighted by Gasteiger charge is 2.31. The maximum atomic E-state index is 13.3. The molecule has 14 heteroatoms. The maximum Gasteiger partial charge on any atom is 0.416 e. The number of nitrogens with one attached hydrogen (secondary N) is 1. The first kappa shape index (κ1) is 30.1. The van der Waals surface area contributed by atoms with Gasteiger partial charge in [-0.1, -0.05) is 17.7 Å². The Bertz CT molecular complexity index is 1760. The number of amides is 1. The summed E-state index contributed by atoms with van der Waals surface area (Å²) in [5, 5.41) is 12.0. The van der Waals surface area contributed by atoms with Gasteiger partial charge < -0.3 is 10.8 Å². The van der Waals surface area contributed by atoms with Crippen molar-refractivity contribution in [2.75, 3.05) is 18.4 Å². The van der Waals surface area contributed by atoms with E-state index in [2.05, 4.69) is 15.4 Å². The molecule has 1 fully saturated rings. The molecule has 6 rings (SSSR count). The number of hydrogen-bond acceptors (Lipinski definition) is 5. The Morgan fingerprint density at radius 1 is 1.05 bits per heavy atom. The molecule has 224 valence electrons. The Hall–Kier alpha value is -4.40. The van der Waals surface area contributed by atoms with E-state index >= 15 is 0 Å². The standard InChI is InChI=1S/C29H26F3N7O2S.H2O/c1-19-3-7-22(8-4-19)39-26(35-28(40)24-18-34-38-14-2-13-33-27(24)38)17-25(36-39)20-11-15-37(16-12-20)42(41)23-9-5-21(6-10-23)29(30,31)32;/h2-10,13-14,17-18,20H,11-12,15-16H2,1H3,(H,35,40);1H2. The fourth-order valence-corrected chi connectivity index (χ4v) is 6.18. The summed E-state index contributed by atoms with van der Waals surface area (Å²) in [7, 11) is -1.57. The molecule has 1 unspecified atom stereocenters. The van der Waals surface area contributed by atoms with E-state index in [9.17, 15) is 22.2 Å². The molecule has 2 aromatic carbocycles. The number of carbonyl (C=O) groups is 1. The molecule has 3 aromatic heterocycles. The molecular weight excluding hydrogens is 583 g/mol. The molecule has 43 heavy (non-hydrogen) atoms. The van der Waals surface area contributed by atoms with Gasteiger partial charge in [-0.3, -0.25) is 4.79 Å². The van der Waals surface area contributed by atoms with Crippen molar-refractivity contribution in [3.05, 3.63) is 102 Å². The van der Waals surface area contributed by atoms with E-state index in [1.54, 1.807) is 27.4 Å². The van der Waals surface area contributed by atoms with E-state index in [4.69, 9.17) is 5.10 Å². The lowest BCUT2D eigenvalue weighted by atomic mass is 9.95. The number of halogens is 3. The van der Waals surface area contributed by atoms with E-state index in [1.165, 1.54) is 22.8 Å². The van der Waals surface area contributed by atoms with E-state index < -0.39 is 22.7 Å². The number of nitrogens with zero attached hydrogens (tertiary/aromatic N) is 6. The van der Waals surface area contributed by atoms with Crippen LogP contribution in [0.3, 0.4) is 0 Å². The Balaban J connectivity index is 0.00000368. The van der Waals surface area contributed by atoms with Gasteiger partial charge in [0.1, 0.15) is 22.4 Å². The van der Waals surface area contributed by atoms with E-state index in [0.29, 0.717) is 47.9 Å². The number of rotatable bonds is 6. The summed E-state index contributed by atoms with van der Waals surface area (Å²) in [5.74, 6) is 0.155. The third-order valence-corrected chi connectivity index (χ3v) is 8.77. The molecule has 1 atom stereocenters. The smallest absolute Gasteiger partial charge is 0.412 e. The van der Waals surface area contributed by atoms with Crippen molar-refractivity contribution in [1.82, 2.24) is 28.7 Å². The van der Waals surface area contributed by atoms with Gasteiger partial charge >= 0.3 is 6.18 Å². The van der Waals surface area contributed by atoms with Crippen molar-refractivity contribution in [1.29, 1.82) is 0 Å². The van der Waals surface area contributed by atoms with Gasteiger partial charge in [-0.05, 0) is 62.2 Å². The lowest BCUT2D eigenvalue weighted by molar-refractivity contribution is -0.137. The molecule has 4 heterocycles. The van der Waals surface area contributed by atoms with Crippen LogP contribution >= 0.6 is 0 Å². The van der Waals surface area contributed by atoms with Gasteiger partial charge in [0.05, 0.1) is 28.0 Å².